The molecule has 2 rings (SSSR count). The molecule has 88 valence electrons. The highest BCUT2D eigenvalue weighted by atomic mass is 32.2. The van der Waals surface area contributed by atoms with Gasteiger partial charge in [0.15, 0.2) is 0 Å². The largest absolute Gasteiger partial charge is 0.389 e. The zero-order valence-electron chi connectivity index (χ0n) is 9.72. The molecule has 0 aromatic carbocycles. The molecule has 2 N–H and O–H groups in total. The third-order valence-electron chi connectivity index (χ3n) is 3.79. The minimum absolute atomic E-state index is 0.389. The lowest BCUT2D eigenvalue weighted by molar-refractivity contribution is 0.0474. The van der Waals surface area contributed by atoms with E-state index >= 15 is 0 Å². The van der Waals surface area contributed by atoms with Crippen LogP contribution in [0.4, 0.5) is 0 Å². The first-order valence-electron chi connectivity index (χ1n) is 6.19. The average Bonchev–Trinajstić information content (AvgIpc) is 2.76. The molecule has 1 saturated carbocycles. The Kier molecular flexibility index (Phi) is 3.63. The lowest BCUT2D eigenvalue weighted by Crippen LogP contribution is -2.43. The van der Waals surface area contributed by atoms with Gasteiger partial charge in [0, 0.05) is 17.8 Å². The number of thioether (sulfide) groups is 1. The van der Waals surface area contributed by atoms with Crippen molar-refractivity contribution >= 4 is 11.8 Å². The SMILES string of the molecule is CC1(CNCC2(O)CCCC2)CCCS1. The number of rotatable bonds is 4. The van der Waals surface area contributed by atoms with Gasteiger partial charge in [0.25, 0.3) is 0 Å². The van der Waals surface area contributed by atoms with E-state index in [0.717, 1.165) is 25.9 Å². The van der Waals surface area contributed by atoms with E-state index in [4.69, 9.17) is 0 Å². The van der Waals surface area contributed by atoms with Crippen LogP contribution in [0.1, 0.15) is 45.4 Å². The van der Waals surface area contributed by atoms with Crippen molar-refractivity contribution in [3.8, 4) is 0 Å². The maximum atomic E-state index is 10.2. The molecule has 0 spiro atoms. The van der Waals surface area contributed by atoms with Gasteiger partial charge in [-0.1, -0.05) is 12.8 Å². The van der Waals surface area contributed by atoms with Crippen molar-refractivity contribution in [1.29, 1.82) is 0 Å². The Balaban J connectivity index is 1.69. The number of hydrogen-bond acceptors (Lipinski definition) is 3. The molecular formula is C12H23NOS. The molecule has 0 bridgehead atoms. The van der Waals surface area contributed by atoms with Crippen molar-refractivity contribution in [3.05, 3.63) is 0 Å². The molecule has 1 heterocycles. The fourth-order valence-electron chi connectivity index (χ4n) is 2.75. The quantitative estimate of drug-likeness (QED) is 0.775. The summed E-state index contributed by atoms with van der Waals surface area (Å²) in [6.07, 6.45) is 7.05. The van der Waals surface area contributed by atoms with Crippen LogP contribution in [0.3, 0.4) is 0 Å². The van der Waals surface area contributed by atoms with E-state index in [0.29, 0.717) is 4.75 Å². The summed E-state index contributed by atoms with van der Waals surface area (Å²) in [6.45, 7) is 4.19. The van der Waals surface area contributed by atoms with Crippen LogP contribution >= 0.6 is 11.8 Å². The second-order valence-electron chi connectivity index (χ2n) is 5.44. The van der Waals surface area contributed by atoms with Gasteiger partial charge in [-0.05, 0) is 38.4 Å². The summed E-state index contributed by atoms with van der Waals surface area (Å²) in [4.78, 5) is 0. The van der Waals surface area contributed by atoms with E-state index in [1.165, 1.54) is 31.4 Å². The maximum Gasteiger partial charge on any atom is 0.0771 e. The molecule has 1 aliphatic heterocycles. The molecule has 0 aromatic heterocycles. The molecule has 0 radical (unpaired) electrons. The van der Waals surface area contributed by atoms with Gasteiger partial charge in [-0.15, -0.1) is 0 Å². The molecule has 1 aliphatic carbocycles. The second kappa shape index (κ2) is 4.64. The Labute approximate surface area is 97.2 Å². The molecule has 1 atom stereocenters. The molecule has 0 aromatic rings. The predicted octanol–water partition coefficient (Wildman–Crippen LogP) is 2.17. The summed E-state index contributed by atoms with van der Waals surface area (Å²) in [5.74, 6) is 1.31. The Morgan fingerprint density at radius 3 is 2.47 bits per heavy atom. The molecule has 0 amide bonds. The van der Waals surface area contributed by atoms with E-state index in [2.05, 4.69) is 24.0 Å². The van der Waals surface area contributed by atoms with Crippen LogP contribution in [0.2, 0.25) is 0 Å². The first kappa shape index (κ1) is 11.7. The Hall–Kier alpha value is 0.270. The van der Waals surface area contributed by atoms with Gasteiger partial charge in [-0.2, -0.15) is 11.8 Å². The Bertz CT molecular complexity index is 186. The van der Waals surface area contributed by atoms with E-state index in [9.17, 15) is 5.11 Å². The number of nitrogens with one attached hydrogen (secondary N) is 1. The minimum atomic E-state index is -0.389. The Morgan fingerprint density at radius 1 is 1.13 bits per heavy atom. The van der Waals surface area contributed by atoms with Gasteiger partial charge in [-0.25, -0.2) is 0 Å². The molecule has 2 fully saturated rings. The van der Waals surface area contributed by atoms with Gasteiger partial charge in [0.05, 0.1) is 5.60 Å². The highest BCUT2D eigenvalue weighted by Gasteiger charge is 2.33. The molecule has 1 saturated heterocycles. The smallest absolute Gasteiger partial charge is 0.0771 e. The fraction of sp³-hybridized carbons (Fsp3) is 1.00. The highest BCUT2D eigenvalue weighted by molar-refractivity contribution is 8.00. The summed E-state index contributed by atoms with van der Waals surface area (Å²) in [6, 6.07) is 0. The molecule has 15 heavy (non-hydrogen) atoms. The fourth-order valence-corrected chi connectivity index (χ4v) is 4.02. The van der Waals surface area contributed by atoms with Gasteiger partial charge in [-0.3, -0.25) is 0 Å². The van der Waals surface area contributed by atoms with Gasteiger partial charge in [0.2, 0.25) is 0 Å². The lowest BCUT2D eigenvalue weighted by Gasteiger charge is -2.27. The van der Waals surface area contributed by atoms with E-state index in [1.807, 2.05) is 0 Å². The van der Waals surface area contributed by atoms with Gasteiger partial charge < -0.3 is 10.4 Å². The molecule has 2 nitrogen and oxygen atoms in total. The standard InChI is InChI=1S/C12H23NOS/c1-11(5-4-8-15-11)9-13-10-12(14)6-2-3-7-12/h13-14H,2-10H2,1H3. The van der Waals surface area contributed by atoms with Crippen LogP contribution in [-0.2, 0) is 0 Å². The van der Waals surface area contributed by atoms with Crippen molar-refractivity contribution in [3.63, 3.8) is 0 Å². The molecule has 3 heteroatoms. The van der Waals surface area contributed by atoms with E-state index in [1.54, 1.807) is 0 Å². The number of hydrogen-bond donors (Lipinski definition) is 2. The van der Waals surface area contributed by atoms with Crippen LogP contribution in [0.5, 0.6) is 0 Å². The minimum Gasteiger partial charge on any atom is -0.389 e. The van der Waals surface area contributed by atoms with Crippen LogP contribution in [0.15, 0.2) is 0 Å². The summed E-state index contributed by atoms with van der Waals surface area (Å²) >= 11 is 2.08. The highest BCUT2D eigenvalue weighted by Crippen LogP contribution is 2.37. The van der Waals surface area contributed by atoms with Crippen molar-refractivity contribution in [1.82, 2.24) is 5.32 Å². The summed E-state index contributed by atoms with van der Waals surface area (Å²) < 4.78 is 0.426. The lowest BCUT2D eigenvalue weighted by atomic mass is 10.0. The van der Waals surface area contributed by atoms with Crippen LogP contribution in [0, 0.1) is 0 Å². The maximum absolute atomic E-state index is 10.2. The molecule has 2 aliphatic rings. The third kappa shape index (κ3) is 3.11. The third-order valence-corrected chi connectivity index (χ3v) is 5.33. The summed E-state index contributed by atoms with van der Waals surface area (Å²) in [5.41, 5.74) is -0.389. The van der Waals surface area contributed by atoms with Crippen molar-refractivity contribution in [2.24, 2.45) is 0 Å². The van der Waals surface area contributed by atoms with Crippen LogP contribution < -0.4 is 5.32 Å². The predicted molar refractivity (Wildman–Crippen MR) is 66.4 cm³/mol. The zero-order valence-corrected chi connectivity index (χ0v) is 10.5. The average molecular weight is 229 g/mol. The normalized spacial score (nSPS) is 34.8. The monoisotopic (exact) mass is 229 g/mol. The molecule has 1 unspecified atom stereocenters. The Morgan fingerprint density at radius 2 is 1.87 bits per heavy atom. The number of aliphatic hydroxyl groups is 1. The van der Waals surface area contributed by atoms with Crippen molar-refractivity contribution in [2.75, 3.05) is 18.8 Å². The summed E-state index contributed by atoms with van der Waals surface area (Å²) in [7, 11) is 0. The zero-order chi connectivity index (χ0) is 10.8. The molecular weight excluding hydrogens is 206 g/mol. The second-order valence-corrected chi connectivity index (χ2v) is 7.12. The topological polar surface area (TPSA) is 32.3 Å². The van der Waals surface area contributed by atoms with Gasteiger partial charge in [0.1, 0.15) is 0 Å². The van der Waals surface area contributed by atoms with Crippen LogP contribution in [0.25, 0.3) is 0 Å². The first-order chi connectivity index (χ1) is 7.12. The van der Waals surface area contributed by atoms with Crippen LogP contribution in [-0.4, -0.2) is 34.3 Å². The van der Waals surface area contributed by atoms with E-state index in [-0.39, 0.29) is 5.60 Å². The first-order valence-corrected chi connectivity index (χ1v) is 7.18. The van der Waals surface area contributed by atoms with E-state index < -0.39 is 0 Å². The van der Waals surface area contributed by atoms with Crippen molar-refractivity contribution in [2.45, 2.75) is 55.8 Å². The van der Waals surface area contributed by atoms with Gasteiger partial charge >= 0.3 is 0 Å². The van der Waals surface area contributed by atoms with Crippen molar-refractivity contribution < 1.29 is 5.11 Å². The summed E-state index contributed by atoms with van der Waals surface area (Å²) in [5, 5.41) is 13.7.